The third kappa shape index (κ3) is 8.34. The maximum atomic E-state index is 5.56. The zero-order valence-corrected chi connectivity index (χ0v) is 15.1. The molecule has 22 heavy (non-hydrogen) atoms. The highest BCUT2D eigenvalue weighted by Crippen LogP contribution is 2.10. The van der Waals surface area contributed by atoms with Gasteiger partial charge in [-0.05, 0) is 18.8 Å². The number of aryl methyl sites for hydroxylation is 1. The summed E-state index contributed by atoms with van der Waals surface area (Å²) in [7, 11) is 1.79. The standard InChI is InChI=1S/C16H30N4OS/c1-5-15-20-14(12-22-15)7-9-19-16(17-4)18-8-6-10-21-11-13(2)3/h12-13H,5-11H2,1-4H3,(H2,17,18,19). The third-order valence-corrected chi connectivity index (χ3v) is 4.05. The Morgan fingerprint density at radius 3 is 2.77 bits per heavy atom. The molecule has 0 amide bonds. The number of nitrogens with one attached hydrogen (secondary N) is 2. The van der Waals surface area contributed by atoms with E-state index >= 15 is 0 Å². The lowest BCUT2D eigenvalue weighted by atomic mass is 10.2. The zero-order chi connectivity index (χ0) is 16.2. The van der Waals surface area contributed by atoms with E-state index in [9.17, 15) is 0 Å². The van der Waals surface area contributed by atoms with Crippen LogP contribution in [-0.2, 0) is 17.6 Å². The monoisotopic (exact) mass is 326 g/mol. The quantitative estimate of drug-likeness (QED) is 0.394. The minimum Gasteiger partial charge on any atom is -0.381 e. The van der Waals surface area contributed by atoms with Gasteiger partial charge in [0.15, 0.2) is 5.96 Å². The van der Waals surface area contributed by atoms with E-state index in [1.807, 2.05) is 0 Å². The Labute approximate surface area is 138 Å². The first-order valence-corrected chi connectivity index (χ1v) is 8.99. The van der Waals surface area contributed by atoms with Crippen molar-refractivity contribution in [3.63, 3.8) is 0 Å². The predicted octanol–water partition coefficient (Wildman–Crippen LogP) is 2.48. The Morgan fingerprint density at radius 1 is 1.36 bits per heavy atom. The van der Waals surface area contributed by atoms with Gasteiger partial charge in [0.2, 0.25) is 0 Å². The first-order valence-electron chi connectivity index (χ1n) is 8.11. The molecule has 2 N–H and O–H groups in total. The summed E-state index contributed by atoms with van der Waals surface area (Å²) in [6.45, 7) is 9.80. The number of hydrogen-bond donors (Lipinski definition) is 2. The van der Waals surface area contributed by atoms with Crippen LogP contribution in [0.25, 0.3) is 0 Å². The maximum absolute atomic E-state index is 5.56. The molecule has 0 aliphatic heterocycles. The molecular weight excluding hydrogens is 296 g/mol. The molecule has 1 heterocycles. The summed E-state index contributed by atoms with van der Waals surface area (Å²) in [5.74, 6) is 1.44. The van der Waals surface area contributed by atoms with Crippen molar-refractivity contribution >= 4 is 17.3 Å². The summed E-state index contributed by atoms with van der Waals surface area (Å²) in [5, 5.41) is 9.97. The van der Waals surface area contributed by atoms with Gasteiger partial charge in [-0.25, -0.2) is 4.98 Å². The minimum atomic E-state index is 0.598. The largest absolute Gasteiger partial charge is 0.381 e. The summed E-state index contributed by atoms with van der Waals surface area (Å²) in [6, 6.07) is 0. The smallest absolute Gasteiger partial charge is 0.190 e. The number of thiazole rings is 1. The van der Waals surface area contributed by atoms with Crippen LogP contribution in [0.5, 0.6) is 0 Å². The molecule has 0 radical (unpaired) electrons. The summed E-state index contributed by atoms with van der Waals surface area (Å²) < 4.78 is 5.56. The Balaban J connectivity index is 2.09. The average molecular weight is 327 g/mol. The second-order valence-electron chi connectivity index (χ2n) is 5.58. The fourth-order valence-corrected chi connectivity index (χ4v) is 2.64. The summed E-state index contributed by atoms with van der Waals surface area (Å²) in [5.41, 5.74) is 1.16. The fourth-order valence-electron chi connectivity index (χ4n) is 1.86. The molecule has 0 saturated carbocycles. The second kappa shape index (κ2) is 11.4. The van der Waals surface area contributed by atoms with Crippen molar-refractivity contribution in [1.29, 1.82) is 0 Å². The van der Waals surface area contributed by atoms with Crippen LogP contribution in [0.4, 0.5) is 0 Å². The highest BCUT2D eigenvalue weighted by molar-refractivity contribution is 7.09. The van der Waals surface area contributed by atoms with E-state index in [0.29, 0.717) is 5.92 Å². The average Bonchev–Trinajstić information content (AvgIpc) is 2.96. The van der Waals surface area contributed by atoms with Gasteiger partial charge in [0.25, 0.3) is 0 Å². The molecule has 0 fully saturated rings. The van der Waals surface area contributed by atoms with E-state index in [1.54, 1.807) is 18.4 Å². The third-order valence-electron chi connectivity index (χ3n) is 3.01. The number of ether oxygens (including phenoxy) is 1. The van der Waals surface area contributed by atoms with Crippen LogP contribution in [0.15, 0.2) is 10.4 Å². The predicted molar refractivity (Wildman–Crippen MR) is 94.8 cm³/mol. The van der Waals surface area contributed by atoms with Gasteiger partial charge in [-0.2, -0.15) is 0 Å². The zero-order valence-electron chi connectivity index (χ0n) is 14.3. The number of aromatic nitrogens is 1. The lowest BCUT2D eigenvalue weighted by Gasteiger charge is -2.12. The molecule has 0 aromatic carbocycles. The summed E-state index contributed by atoms with van der Waals surface area (Å²) in [6.07, 6.45) is 2.92. The molecule has 1 aromatic rings. The molecule has 6 heteroatoms. The number of hydrogen-bond acceptors (Lipinski definition) is 4. The minimum absolute atomic E-state index is 0.598. The van der Waals surface area contributed by atoms with Crippen molar-refractivity contribution in [2.24, 2.45) is 10.9 Å². The SMILES string of the molecule is CCc1nc(CCNC(=NC)NCCCOCC(C)C)cs1. The molecular formula is C16H30N4OS. The van der Waals surface area contributed by atoms with Gasteiger partial charge in [-0.1, -0.05) is 20.8 Å². The summed E-state index contributed by atoms with van der Waals surface area (Å²) in [4.78, 5) is 8.79. The Bertz CT molecular complexity index is 432. The van der Waals surface area contributed by atoms with E-state index < -0.39 is 0 Å². The number of aliphatic imine (C=N–C) groups is 1. The number of rotatable bonds is 10. The van der Waals surface area contributed by atoms with E-state index in [0.717, 1.165) is 57.2 Å². The van der Waals surface area contributed by atoms with Crippen LogP contribution in [0.1, 0.15) is 37.9 Å². The molecule has 0 saturated heterocycles. The van der Waals surface area contributed by atoms with Crippen molar-refractivity contribution in [3.05, 3.63) is 16.1 Å². The number of guanidine groups is 1. The molecule has 0 bridgehead atoms. The van der Waals surface area contributed by atoms with E-state index in [1.165, 1.54) is 5.01 Å². The second-order valence-corrected chi connectivity index (χ2v) is 6.53. The molecule has 5 nitrogen and oxygen atoms in total. The summed E-state index contributed by atoms with van der Waals surface area (Å²) >= 11 is 1.74. The molecule has 0 aliphatic rings. The molecule has 126 valence electrons. The first kappa shape index (κ1) is 18.9. The van der Waals surface area contributed by atoms with E-state index in [2.05, 4.69) is 46.8 Å². The molecule has 0 spiro atoms. The van der Waals surface area contributed by atoms with Gasteiger partial charge in [0.1, 0.15) is 0 Å². The molecule has 1 aromatic heterocycles. The first-order chi connectivity index (χ1) is 10.7. The highest BCUT2D eigenvalue weighted by atomic mass is 32.1. The van der Waals surface area contributed by atoms with Crippen LogP contribution in [0.3, 0.4) is 0 Å². The lowest BCUT2D eigenvalue weighted by molar-refractivity contribution is 0.108. The van der Waals surface area contributed by atoms with Crippen LogP contribution in [0.2, 0.25) is 0 Å². The molecule has 0 atom stereocenters. The maximum Gasteiger partial charge on any atom is 0.190 e. The van der Waals surface area contributed by atoms with Crippen molar-refractivity contribution < 1.29 is 4.74 Å². The van der Waals surface area contributed by atoms with Crippen LogP contribution in [0, 0.1) is 5.92 Å². The van der Waals surface area contributed by atoms with Gasteiger partial charge in [-0.15, -0.1) is 11.3 Å². The van der Waals surface area contributed by atoms with Gasteiger partial charge in [-0.3, -0.25) is 4.99 Å². The van der Waals surface area contributed by atoms with Crippen LogP contribution >= 0.6 is 11.3 Å². The highest BCUT2D eigenvalue weighted by Gasteiger charge is 2.01. The van der Waals surface area contributed by atoms with Crippen molar-refractivity contribution in [1.82, 2.24) is 15.6 Å². The lowest BCUT2D eigenvalue weighted by Crippen LogP contribution is -2.39. The van der Waals surface area contributed by atoms with Gasteiger partial charge in [0.05, 0.1) is 10.7 Å². The van der Waals surface area contributed by atoms with Crippen molar-refractivity contribution in [3.8, 4) is 0 Å². The van der Waals surface area contributed by atoms with Gasteiger partial charge in [0, 0.05) is 45.2 Å². The fraction of sp³-hybridized carbons (Fsp3) is 0.750. The van der Waals surface area contributed by atoms with Gasteiger partial charge >= 0.3 is 0 Å². The number of nitrogens with zero attached hydrogens (tertiary/aromatic N) is 2. The molecule has 0 unspecified atom stereocenters. The van der Waals surface area contributed by atoms with Crippen molar-refractivity contribution in [2.75, 3.05) is 33.4 Å². The van der Waals surface area contributed by atoms with Crippen LogP contribution in [-0.4, -0.2) is 44.3 Å². The molecule has 0 aliphatic carbocycles. The van der Waals surface area contributed by atoms with Crippen molar-refractivity contribution in [2.45, 2.75) is 40.0 Å². The Kier molecular flexibility index (Phi) is 9.82. The topological polar surface area (TPSA) is 58.5 Å². The Hall–Kier alpha value is -1.14. The van der Waals surface area contributed by atoms with Crippen LogP contribution < -0.4 is 10.6 Å². The normalized spacial score (nSPS) is 12.0. The van der Waals surface area contributed by atoms with Gasteiger partial charge < -0.3 is 15.4 Å². The Morgan fingerprint density at radius 2 is 2.14 bits per heavy atom. The van der Waals surface area contributed by atoms with E-state index in [4.69, 9.17) is 4.74 Å². The van der Waals surface area contributed by atoms with E-state index in [-0.39, 0.29) is 0 Å². The molecule has 1 rings (SSSR count).